The van der Waals surface area contributed by atoms with Gasteiger partial charge in [0.1, 0.15) is 17.1 Å². The number of amidine groups is 1. The minimum absolute atomic E-state index is 0.153. The lowest BCUT2D eigenvalue weighted by molar-refractivity contribution is -0.122. The van der Waals surface area contributed by atoms with E-state index < -0.39 is 17.6 Å². The fraction of sp³-hybridized carbons (Fsp3) is 0.143. The second-order valence-corrected chi connectivity index (χ2v) is 9.16. The summed E-state index contributed by atoms with van der Waals surface area (Å²) in [6.45, 7) is 5.26. The molecule has 2 amide bonds. The van der Waals surface area contributed by atoms with Crippen LogP contribution in [-0.4, -0.2) is 38.3 Å². The molecule has 1 aliphatic rings. The number of H-pyrrole nitrogens is 1. The molecular formula is C28H24N4O3. The molecule has 2 aromatic heterocycles. The van der Waals surface area contributed by atoms with Crippen LogP contribution in [0.3, 0.4) is 0 Å². The molecule has 1 N–H and O–H groups in total. The number of benzene rings is 2. The highest BCUT2D eigenvalue weighted by atomic mass is 16.6. The monoisotopic (exact) mass is 464 g/mol. The number of aliphatic imine (C=N–C) groups is 1. The zero-order chi connectivity index (χ0) is 24.6. The molecule has 4 aromatic rings. The van der Waals surface area contributed by atoms with E-state index in [2.05, 4.69) is 15.0 Å². The summed E-state index contributed by atoms with van der Waals surface area (Å²) < 4.78 is 5.51. The maximum absolute atomic E-state index is 13.3. The van der Waals surface area contributed by atoms with Crippen molar-refractivity contribution in [3.8, 4) is 0 Å². The lowest BCUT2D eigenvalue weighted by Crippen LogP contribution is -2.41. The van der Waals surface area contributed by atoms with Crippen molar-refractivity contribution in [1.29, 1.82) is 0 Å². The second kappa shape index (κ2) is 8.68. The lowest BCUT2D eigenvalue weighted by atomic mass is 10.1. The molecule has 0 saturated heterocycles. The topological polar surface area (TPSA) is 87.6 Å². The molecule has 174 valence electrons. The van der Waals surface area contributed by atoms with E-state index in [9.17, 15) is 9.59 Å². The average Bonchev–Trinajstić information content (AvgIpc) is 3.37. The van der Waals surface area contributed by atoms with Crippen LogP contribution < -0.4 is 0 Å². The largest absolute Gasteiger partial charge is 0.443 e. The van der Waals surface area contributed by atoms with Gasteiger partial charge in [0, 0.05) is 34.2 Å². The first-order valence-electron chi connectivity index (χ1n) is 11.3. The number of fused-ring (bicyclic) bond motifs is 2. The number of aromatic amines is 1. The molecule has 0 unspecified atom stereocenters. The summed E-state index contributed by atoms with van der Waals surface area (Å²) in [5.41, 5.74) is 2.88. The van der Waals surface area contributed by atoms with Gasteiger partial charge in [-0.05, 0) is 56.7 Å². The molecule has 0 spiro atoms. The number of rotatable bonds is 3. The van der Waals surface area contributed by atoms with E-state index in [1.165, 1.54) is 0 Å². The third-order valence-corrected chi connectivity index (χ3v) is 5.47. The number of imide groups is 1. The normalized spacial score (nSPS) is 15.5. The Morgan fingerprint density at radius 3 is 2.60 bits per heavy atom. The summed E-state index contributed by atoms with van der Waals surface area (Å²) in [5, 5.41) is 1.91. The minimum Gasteiger partial charge on any atom is -0.443 e. The Hall–Kier alpha value is -4.52. The van der Waals surface area contributed by atoms with Gasteiger partial charge in [-0.2, -0.15) is 4.90 Å². The molecule has 0 atom stereocenters. The molecule has 1 aliphatic heterocycles. The van der Waals surface area contributed by atoms with E-state index in [-0.39, 0.29) is 11.5 Å². The van der Waals surface area contributed by atoms with Gasteiger partial charge in [0.2, 0.25) is 0 Å². The van der Waals surface area contributed by atoms with Crippen molar-refractivity contribution in [3.63, 3.8) is 0 Å². The van der Waals surface area contributed by atoms with Crippen molar-refractivity contribution in [2.75, 3.05) is 0 Å². The maximum atomic E-state index is 13.3. The number of amides is 2. The number of aromatic nitrogens is 2. The van der Waals surface area contributed by atoms with E-state index in [0.717, 1.165) is 37.8 Å². The highest BCUT2D eigenvalue weighted by Crippen LogP contribution is 2.26. The van der Waals surface area contributed by atoms with Crippen LogP contribution in [0.25, 0.3) is 34.0 Å². The number of carbonyl (C=O) groups excluding carboxylic acids is 2. The number of ether oxygens (including phenoxy) is 1. The number of pyridine rings is 1. The van der Waals surface area contributed by atoms with Crippen LogP contribution in [-0.2, 0) is 9.53 Å². The Kier molecular flexibility index (Phi) is 5.53. The molecule has 0 radical (unpaired) electrons. The second-order valence-electron chi connectivity index (χ2n) is 9.16. The van der Waals surface area contributed by atoms with Gasteiger partial charge in [0.25, 0.3) is 5.91 Å². The van der Waals surface area contributed by atoms with Gasteiger partial charge < -0.3 is 9.72 Å². The van der Waals surface area contributed by atoms with E-state index in [4.69, 9.17) is 4.74 Å². The van der Waals surface area contributed by atoms with Crippen LogP contribution >= 0.6 is 0 Å². The SMILES string of the molecule is CC(C)(C)OC(=O)N1C(=O)/C(=C/c2c[nH]c3ccccc23)N=C1/C=C/c1cccc2ncccc12. The fourth-order valence-corrected chi connectivity index (χ4v) is 3.93. The van der Waals surface area contributed by atoms with E-state index in [1.807, 2.05) is 66.9 Å². The molecule has 7 heteroatoms. The molecule has 2 aromatic carbocycles. The third kappa shape index (κ3) is 4.48. The van der Waals surface area contributed by atoms with Gasteiger partial charge in [-0.3, -0.25) is 9.78 Å². The summed E-state index contributed by atoms with van der Waals surface area (Å²) >= 11 is 0. The Morgan fingerprint density at radius 1 is 0.971 bits per heavy atom. The summed E-state index contributed by atoms with van der Waals surface area (Å²) in [7, 11) is 0. The van der Waals surface area contributed by atoms with Crippen LogP contribution in [0.1, 0.15) is 31.9 Å². The Morgan fingerprint density at radius 2 is 1.77 bits per heavy atom. The van der Waals surface area contributed by atoms with Crippen molar-refractivity contribution in [2.45, 2.75) is 26.4 Å². The molecule has 0 fully saturated rings. The predicted octanol–water partition coefficient (Wildman–Crippen LogP) is 5.95. The van der Waals surface area contributed by atoms with Crippen molar-refractivity contribution >= 4 is 51.8 Å². The number of hydrogen-bond donors (Lipinski definition) is 1. The highest BCUT2D eigenvalue weighted by Gasteiger charge is 2.37. The molecule has 7 nitrogen and oxygen atoms in total. The van der Waals surface area contributed by atoms with Gasteiger partial charge in [0.05, 0.1) is 5.52 Å². The third-order valence-electron chi connectivity index (χ3n) is 5.47. The molecule has 0 bridgehead atoms. The predicted molar refractivity (Wildman–Crippen MR) is 138 cm³/mol. The number of hydrogen-bond acceptors (Lipinski definition) is 5. The highest BCUT2D eigenvalue weighted by molar-refractivity contribution is 6.26. The van der Waals surface area contributed by atoms with Crippen LogP contribution in [0.4, 0.5) is 4.79 Å². The molecular weight excluding hydrogens is 440 g/mol. The zero-order valence-electron chi connectivity index (χ0n) is 19.6. The first-order chi connectivity index (χ1) is 16.8. The van der Waals surface area contributed by atoms with Gasteiger partial charge >= 0.3 is 6.09 Å². The van der Waals surface area contributed by atoms with Crippen LogP contribution in [0.5, 0.6) is 0 Å². The van der Waals surface area contributed by atoms with Crippen molar-refractivity contribution in [2.24, 2.45) is 4.99 Å². The van der Waals surface area contributed by atoms with E-state index in [1.54, 1.807) is 39.1 Å². The summed E-state index contributed by atoms with van der Waals surface area (Å²) in [5.74, 6) is -0.347. The number of para-hydroxylation sites is 1. The summed E-state index contributed by atoms with van der Waals surface area (Å²) in [6, 6.07) is 17.4. The Bertz CT molecular complexity index is 1550. The van der Waals surface area contributed by atoms with Crippen LogP contribution in [0.2, 0.25) is 0 Å². The van der Waals surface area contributed by atoms with Gasteiger partial charge in [0.15, 0.2) is 0 Å². The summed E-state index contributed by atoms with van der Waals surface area (Å²) in [4.78, 5) is 39.4. The number of nitrogens with one attached hydrogen (secondary N) is 1. The Labute approximate surface area is 202 Å². The van der Waals surface area contributed by atoms with Gasteiger partial charge in [-0.25, -0.2) is 9.79 Å². The van der Waals surface area contributed by atoms with E-state index >= 15 is 0 Å². The molecule has 0 aliphatic carbocycles. The molecule has 35 heavy (non-hydrogen) atoms. The quantitative estimate of drug-likeness (QED) is 0.380. The number of carbonyl (C=O) groups is 2. The first-order valence-corrected chi connectivity index (χ1v) is 11.3. The summed E-state index contributed by atoms with van der Waals surface area (Å²) in [6.07, 6.45) is 7.94. The Balaban J connectivity index is 1.56. The van der Waals surface area contributed by atoms with Crippen molar-refractivity contribution < 1.29 is 14.3 Å². The van der Waals surface area contributed by atoms with Crippen molar-refractivity contribution in [1.82, 2.24) is 14.9 Å². The lowest BCUT2D eigenvalue weighted by Gasteiger charge is -2.23. The van der Waals surface area contributed by atoms with Gasteiger partial charge in [-0.1, -0.05) is 42.5 Å². The standard InChI is InChI=1S/C28H24N4O3/c1-28(2,3)35-27(34)32-25(14-13-18-8-6-12-22-20(18)10-7-15-29-22)31-24(26(32)33)16-19-17-30-23-11-5-4-9-21(19)23/h4-17,30H,1-3H3/b14-13+,24-16-. The van der Waals surface area contributed by atoms with Gasteiger partial charge in [-0.15, -0.1) is 0 Å². The molecule has 3 heterocycles. The van der Waals surface area contributed by atoms with Crippen LogP contribution in [0, 0.1) is 0 Å². The smallest absolute Gasteiger partial charge is 0.423 e. The fourth-order valence-electron chi connectivity index (χ4n) is 3.93. The molecule has 5 rings (SSSR count). The molecule has 0 saturated carbocycles. The average molecular weight is 465 g/mol. The van der Waals surface area contributed by atoms with Crippen LogP contribution in [0.15, 0.2) is 83.8 Å². The maximum Gasteiger partial charge on any atom is 0.423 e. The minimum atomic E-state index is -0.771. The first kappa shape index (κ1) is 22.3. The van der Waals surface area contributed by atoms with E-state index in [0.29, 0.717) is 0 Å². The van der Waals surface area contributed by atoms with Crippen molar-refractivity contribution in [3.05, 3.63) is 89.9 Å². The number of nitrogens with zero attached hydrogens (tertiary/aromatic N) is 3. The zero-order valence-corrected chi connectivity index (χ0v) is 19.6.